The topological polar surface area (TPSA) is 52.5 Å². The van der Waals surface area contributed by atoms with Crippen molar-refractivity contribution in [3.8, 4) is 0 Å². The summed E-state index contributed by atoms with van der Waals surface area (Å²) in [4.78, 5) is 13.3. The van der Waals surface area contributed by atoms with Gasteiger partial charge in [0.05, 0.1) is 6.61 Å². The zero-order valence-electron chi connectivity index (χ0n) is 11.4. The summed E-state index contributed by atoms with van der Waals surface area (Å²) in [7, 11) is 4.20. The van der Waals surface area contributed by atoms with Gasteiger partial charge in [0.15, 0.2) is 0 Å². The first kappa shape index (κ1) is 13.2. The molecule has 5 heteroatoms. The minimum Gasteiger partial charge on any atom is -0.392 e. The third-order valence-electron chi connectivity index (χ3n) is 3.74. The van der Waals surface area contributed by atoms with Crippen molar-refractivity contribution in [2.75, 3.05) is 32.1 Å². The largest absolute Gasteiger partial charge is 0.392 e. The summed E-state index contributed by atoms with van der Waals surface area (Å²) in [5, 5.41) is 9.11. The van der Waals surface area contributed by atoms with E-state index in [1.165, 1.54) is 19.4 Å². The van der Waals surface area contributed by atoms with Crippen molar-refractivity contribution in [2.24, 2.45) is 0 Å². The molecule has 0 spiro atoms. The second-order valence-electron chi connectivity index (χ2n) is 5.10. The van der Waals surface area contributed by atoms with Crippen LogP contribution in [0.4, 0.5) is 5.95 Å². The fourth-order valence-corrected chi connectivity index (χ4v) is 2.43. The number of aromatic nitrogens is 2. The number of likely N-dealkylation sites (tertiary alicyclic amines) is 1. The molecule has 1 aliphatic heterocycles. The van der Waals surface area contributed by atoms with Crippen LogP contribution in [0.15, 0.2) is 6.20 Å². The summed E-state index contributed by atoms with van der Waals surface area (Å²) in [6.07, 6.45) is 4.24. The summed E-state index contributed by atoms with van der Waals surface area (Å²) in [6.45, 7) is 4.05. The van der Waals surface area contributed by atoms with E-state index in [4.69, 9.17) is 5.11 Å². The first-order valence-corrected chi connectivity index (χ1v) is 6.46. The van der Waals surface area contributed by atoms with Gasteiger partial charge in [0.1, 0.15) is 0 Å². The third-order valence-corrected chi connectivity index (χ3v) is 3.74. The van der Waals surface area contributed by atoms with Crippen LogP contribution < -0.4 is 4.90 Å². The van der Waals surface area contributed by atoms with E-state index < -0.39 is 0 Å². The van der Waals surface area contributed by atoms with Gasteiger partial charge in [0.25, 0.3) is 0 Å². The van der Waals surface area contributed by atoms with Crippen LogP contribution in [0.5, 0.6) is 0 Å². The Kier molecular flexibility index (Phi) is 4.14. The van der Waals surface area contributed by atoms with Crippen LogP contribution in [-0.2, 0) is 6.61 Å². The number of rotatable bonds is 4. The lowest BCUT2D eigenvalue weighted by molar-refractivity contribution is 0.280. The van der Waals surface area contributed by atoms with E-state index >= 15 is 0 Å². The molecule has 0 aromatic carbocycles. The van der Waals surface area contributed by atoms with E-state index in [1.807, 2.05) is 14.0 Å². The molecule has 1 aliphatic rings. The molecule has 5 nitrogen and oxygen atoms in total. The zero-order valence-corrected chi connectivity index (χ0v) is 11.4. The number of anilines is 1. The minimum absolute atomic E-state index is 0.00118. The molecule has 1 N–H and O–H groups in total. The number of aliphatic hydroxyl groups excluding tert-OH is 1. The molecule has 1 fully saturated rings. The maximum absolute atomic E-state index is 9.11. The standard InChI is InChI=1S/C13H22N4O/c1-10-11(9-18)7-14-13(15-10)17(3)8-12-5-4-6-16(12)2/h7,12,18H,4-6,8-9H2,1-3H3. The first-order chi connectivity index (χ1) is 8.61. The van der Waals surface area contributed by atoms with E-state index in [1.54, 1.807) is 6.20 Å². The Balaban J connectivity index is 2.04. The number of likely N-dealkylation sites (N-methyl/N-ethyl adjacent to an activating group) is 2. The Hall–Kier alpha value is -1.20. The van der Waals surface area contributed by atoms with Crippen molar-refractivity contribution < 1.29 is 5.11 Å². The Morgan fingerprint density at radius 1 is 1.56 bits per heavy atom. The Labute approximate surface area is 108 Å². The summed E-state index contributed by atoms with van der Waals surface area (Å²) in [5.74, 6) is 0.741. The van der Waals surface area contributed by atoms with Gasteiger partial charge in [-0.05, 0) is 33.4 Å². The van der Waals surface area contributed by atoms with Crippen LogP contribution in [0.1, 0.15) is 24.1 Å². The lowest BCUT2D eigenvalue weighted by Crippen LogP contribution is -2.37. The molecule has 1 saturated heterocycles. The van der Waals surface area contributed by atoms with Gasteiger partial charge in [-0.15, -0.1) is 0 Å². The smallest absolute Gasteiger partial charge is 0.225 e. The van der Waals surface area contributed by atoms with Crippen LogP contribution in [0, 0.1) is 6.92 Å². The third kappa shape index (κ3) is 2.79. The molecule has 0 aliphatic carbocycles. The van der Waals surface area contributed by atoms with E-state index in [9.17, 15) is 0 Å². The van der Waals surface area contributed by atoms with Crippen molar-refractivity contribution >= 4 is 5.95 Å². The summed E-state index contributed by atoms with van der Waals surface area (Å²) in [5.41, 5.74) is 1.65. The van der Waals surface area contributed by atoms with E-state index in [0.717, 1.165) is 23.8 Å². The molecule has 0 radical (unpaired) electrons. The zero-order chi connectivity index (χ0) is 13.1. The molecular formula is C13H22N4O. The van der Waals surface area contributed by atoms with Crippen LogP contribution in [0.3, 0.4) is 0 Å². The minimum atomic E-state index is 0.00118. The molecule has 1 unspecified atom stereocenters. The van der Waals surface area contributed by atoms with Gasteiger partial charge < -0.3 is 14.9 Å². The predicted molar refractivity (Wildman–Crippen MR) is 71.6 cm³/mol. The molecule has 1 aromatic heterocycles. The normalized spacial score (nSPS) is 20.3. The monoisotopic (exact) mass is 250 g/mol. The first-order valence-electron chi connectivity index (χ1n) is 6.46. The van der Waals surface area contributed by atoms with Gasteiger partial charge in [-0.2, -0.15) is 0 Å². The molecule has 0 saturated carbocycles. The Bertz CT molecular complexity index is 410. The van der Waals surface area contributed by atoms with Gasteiger partial charge >= 0.3 is 0 Å². The van der Waals surface area contributed by atoms with Gasteiger partial charge in [-0.1, -0.05) is 0 Å². The maximum atomic E-state index is 9.11. The fourth-order valence-electron chi connectivity index (χ4n) is 2.43. The lowest BCUT2D eigenvalue weighted by atomic mass is 10.2. The fraction of sp³-hybridized carbons (Fsp3) is 0.692. The van der Waals surface area contributed by atoms with Gasteiger partial charge in [0.2, 0.25) is 5.95 Å². The van der Waals surface area contributed by atoms with Crippen LogP contribution >= 0.6 is 0 Å². The predicted octanol–water partition coefficient (Wildman–Crippen LogP) is 0.808. The molecule has 100 valence electrons. The van der Waals surface area contributed by atoms with Crippen molar-refractivity contribution in [3.63, 3.8) is 0 Å². The highest BCUT2D eigenvalue weighted by Crippen LogP contribution is 2.17. The van der Waals surface area contributed by atoms with Gasteiger partial charge in [-0.3, -0.25) is 0 Å². The molecule has 0 bridgehead atoms. The van der Waals surface area contributed by atoms with Gasteiger partial charge in [0, 0.05) is 37.1 Å². The number of hydrogen-bond acceptors (Lipinski definition) is 5. The molecule has 0 amide bonds. The van der Waals surface area contributed by atoms with E-state index in [0.29, 0.717) is 6.04 Å². The van der Waals surface area contributed by atoms with Crippen molar-refractivity contribution in [3.05, 3.63) is 17.5 Å². The van der Waals surface area contributed by atoms with Crippen molar-refractivity contribution in [1.82, 2.24) is 14.9 Å². The molecule has 1 atom stereocenters. The maximum Gasteiger partial charge on any atom is 0.225 e. The molecule has 2 heterocycles. The van der Waals surface area contributed by atoms with Crippen LogP contribution in [-0.4, -0.2) is 53.2 Å². The Morgan fingerprint density at radius 3 is 2.89 bits per heavy atom. The summed E-state index contributed by atoms with van der Waals surface area (Å²) < 4.78 is 0. The molecule has 2 rings (SSSR count). The average Bonchev–Trinajstić information content (AvgIpc) is 2.75. The van der Waals surface area contributed by atoms with Crippen LogP contribution in [0.2, 0.25) is 0 Å². The average molecular weight is 250 g/mol. The van der Waals surface area contributed by atoms with Crippen LogP contribution in [0.25, 0.3) is 0 Å². The number of hydrogen-bond donors (Lipinski definition) is 1. The molecule has 18 heavy (non-hydrogen) atoms. The number of aliphatic hydroxyl groups is 1. The number of nitrogens with zero attached hydrogens (tertiary/aromatic N) is 4. The summed E-state index contributed by atoms with van der Waals surface area (Å²) >= 11 is 0. The van der Waals surface area contributed by atoms with E-state index in [2.05, 4.69) is 26.8 Å². The second kappa shape index (κ2) is 5.63. The number of aryl methyl sites for hydroxylation is 1. The molecular weight excluding hydrogens is 228 g/mol. The highest BCUT2D eigenvalue weighted by atomic mass is 16.3. The quantitative estimate of drug-likeness (QED) is 0.857. The Morgan fingerprint density at radius 2 is 2.33 bits per heavy atom. The van der Waals surface area contributed by atoms with Gasteiger partial charge in [-0.25, -0.2) is 9.97 Å². The van der Waals surface area contributed by atoms with Crippen molar-refractivity contribution in [1.29, 1.82) is 0 Å². The van der Waals surface area contributed by atoms with Crippen molar-refractivity contribution in [2.45, 2.75) is 32.4 Å². The highest BCUT2D eigenvalue weighted by Gasteiger charge is 2.23. The second-order valence-corrected chi connectivity index (χ2v) is 5.10. The lowest BCUT2D eigenvalue weighted by Gasteiger charge is -2.26. The highest BCUT2D eigenvalue weighted by molar-refractivity contribution is 5.32. The summed E-state index contributed by atoms with van der Waals surface area (Å²) in [6, 6.07) is 0.594. The SMILES string of the molecule is Cc1nc(N(C)CC2CCCN2C)ncc1CO. The molecule has 1 aromatic rings. The van der Waals surface area contributed by atoms with E-state index in [-0.39, 0.29) is 6.61 Å².